The Balaban J connectivity index is 2.10. The number of ether oxygens (including phenoxy) is 1. The zero-order chi connectivity index (χ0) is 14.0. The summed E-state index contributed by atoms with van der Waals surface area (Å²) in [6.07, 6.45) is 1.13. The number of hydrogen-bond acceptors (Lipinski definition) is 5. The standard InChI is InChI=1S/C12H15FN2O4/c1-19-12-5-10(9(13)4-11(12)15(17)18)14-6-7-2-8(16)3-7/h4-5,7-8,14,16H,2-3,6H2,1H3. The van der Waals surface area contributed by atoms with Gasteiger partial charge in [0.1, 0.15) is 0 Å². The lowest BCUT2D eigenvalue weighted by Crippen LogP contribution is -2.33. The number of halogens is 1. The van der Waals surface area contributed by atoms with Crippen LogP contribution in [0.5, 0.6) is 5.75 Å². The van der Waals surface area contributed by atoms with Crippen molar-refractivity contribution in [2.75, 3.05) is 19.0 Å². The molecular weight excluding hydrogens is 255 g/mol. The van der Waals surface area contributed by atoms with Gasteiger partial charge in [0, 0.05) is 12.6 Å². The highest BCUT2D eigenvalue weighted by Gasteiger charge is 2.27. The van der Waals surface area contributed by atoms with Crippen LogP contribution in [0.2, 0.25) is 0 Å². The van der Waals surface area contributed by atoms with E-state index in [1.807, 2.05) is 0 Å². The highest BCUT2D eigenvalue weighted by atomic mass is 19.1. The van der Waals surface area contributed by atoms with Crippen LogP contribution in [0.4, 0.5) is 15.8 Å². The molecule has 0 aliphatic heterocycles. The van der Waals surface area contributed by atoms with Crippen molar-refractivity contribution in [1.82, 2.24) is 0 Å². The lowest BCUT2D eigenvalue weighted by atomic mass is 9.82. The van der Waals surface area contributed by atoms with Gasteiger partial charge in [0.25, 0.3) is 0 Å². The molecule has 0 spiro atoms. The van der Waals surface area contributed by atoms with Gasteiger partial charge in [-0.25, -0.2) is 4.39 Å². The highest BCUT2D eigenvalue weighted by molar-refractivity contribution is 5.59. The Bertz CT molecular complexity index is 489. The third-order valence-electron chi connectivity index (χ3n) is 3.26. The summed E-state index contributed by atoms with van der Waals surface area (Å²) in [5.74, 6) is -0.370. The van der Waals surface area contributed by atoms with Crippen LogP contribution in [-0.2, 0) is 0 Å². The molecule has 2 rings (SSSR count). The Morgan fingerprint density at radius 3 is 2.79 bits per heavy atom. The van der Waals surface area contributed by atoms with Crippen molar-refractivity contribution in [1.29, 1.82) is 0 Å². The van der Waals surface area contributed by atoms with E-state index in [0.717, 1.165) is 6.07 Å². The average Bonchev–Trinajstić information content (AvgIpc) is 2.33. The second-order valence-electron chi connectivity index (χ2n) is 4.63. The molecule has 0 unspecified atom stereocenters. The van der Waals surface area contributed by atoms with Crippen molar-refractivity contribution in [3.05, 3.63) is 28.1 Å². The lowest BCUT2D eigenvalue weighted by Gasteiger charge is -2.31. The van der Waals surface area contributed by atoms with E-state index in [4.69, 9.17) is 9.84 Å². The number of methoxy groups -OCH3 is 1. The Kier molecular flexibility index (Phi) is 3.84. The van der Waals surface area contributed by atoms with Gasteiger partial charge in [0.05, 0.1) is 29.9 Å². The fraction of sp³-hybridized carbons (Fsp3) is 0.500. The van der Waals surface area contributed by atoms with Crippen LogP contribution in [-0.4, -0.2) is 29.8 Å². The molecule has 6 nitrogen and oxygen atoms in total. The molecule has 1 aliphatic rings. The van der Waals surface area contributed by atoms with Gasteiger partial charge < -0.3 is 15.2 Å². The highest BCUT2D eigenvalue weighted by Crippen LogP contribution is 2.33. The third-order valence-corrected chi connectivity index (χ3v) is 3.26. The van der Waals surface area contributed by atoms with Crippen LogP contribution in [0.25, 0.3) is 0 Å². The smallest absolute Gasteiger partial charge is 0.313 e. The quantitative estimate of drug-likeness (QED) is 0.630. The molecular formula is C12H15FN2O4. The van der Waals surface area contributed by atoms with E-state index in [2.05, 4.69) is 5.32 Å². The minimum absolute atomic E-state index is 0.0162. The van der Waals surface area contributed by atoms with Crippen LogP contribution >= 0.6 is 0 Å². The Labute approximate surface area is 109 Å². The Hall–Kier alpha value is -1.89. The summed E-state index contributed by atoms with van der Waals surface area (Å²) < 4.78 is 18.6. The first-order chi connectivity index (χ1) is 9.01. The van der Waals surface area contributed by atoms with Gasteiger partial charge in [-0.3, -0.25) is 10.1 Å². The van der Waals surface area contributed by atoms with Gasteiger partial charge in [-0.15, -0.1) is 0 Å². The molecule has 0 amide bonds. The second-order valence-corrected chi connectivity index (χ2v) is 4.63. The average molecular weight is 270 g/mol. The number of nitro groups is 1. The molecule has 2 N–H and O–H groups in total. The SMILES string of the molecule is COc1cc(NCC2CC(O)C2)c(F)cc1[N+](=O)[O-]. The van der Waals surface area contributed by atoms with Gasteiger partial charge >= 0.3 is 5.69 Å². The van der Waals surface area contributed by atoms with Crippen LogP contribution in [0.3, 0.4) is 0 Å². The number of nitrogens with one attached hydrogen (secondary N) is 1. The summed E-state index contributed by atoms with van der Waals surface area (Å²) in [4.78, 5) is 10.0. The van der Waals surface area contributed by atoms with Crippen molar-refractivity contribution in [3.8, 4) is 5.75 Å². The van der Waals surface area contributed by atoms with E-state index < -0.39 is 16.4 Å². The molecule has 1 aromatic rings. The summed E-state index contributed by atoms with van der Waals surface area (Å²) in [5.41, 5.74) is -0.228. The molecule has 0 radical (unpaired) electrons. The first-order valence-corrected chi connectivity index (χ1v) is 5.95. The monoisotopic (exact) mass is 270 g/mol. The summed E-state index contributed by atoms with van der Waals surface area (Å²) in [6.45, 7) is 0.523. The number of aliphatic hydroxyl groups is 1. The van der Waals surface area contributed by atoms with Crippen molar-refractivity contribution >= 4 is 11.4 Å². The summed E-state index contributed by atoms with van der Waals surface area (Å²) >= 11 is 0. The maximum Gasteiger partial charge on any atom is 0.313 e. The van der Waals surface area contributed by atoms with E-state index in [1.165, 1.54) is 13.2 Å². The van der Waals surface area contributed by atoms with E-state index in [0.29, 0.717) is 25.3 Å². The fourth-order valence-corrected chi connectivity index (χ4v) is 2.11. The van der Waals surface area contributed by atoms with E-state index in [9.17, 15) is 14.5 Å². The predicted octanol–water partition coefficient (Wildman–Crippen LogP) is 1.93. The number of nitrogens with zero attached hydrogens (tertiary/aromatic N) is 1. The first kappa shape index (κ1) is 13.5. The van der Waals surface area contributed by atoms with Crippen molar-refractivity contribution in [2.45, 2.75) is 18.9 Å². The minimum atomic E-state index is -0.688. The van der Waals surface area contributed by atoms with E-state index in [-0.39, 0.29) is 17.5 Å². The molecule has 1 aromatic carbocycles. The lowest BCUT2D eigenvalue weighted by molar-refractivity contribution is -0.385. The van der Waals surface area contributed by atoms with Gasteiger partial charge in [-0.1, -0.05) is 0 Å². The van der Waals surface area contributed by atoms with E-state index >= 15 is 0 Å². The Morgan fingerprint density at radius 1 is 1.58 bits per heavy atom. The van der Waals surface area contributed by atoms with Gasteiger partial charge in [-0.05, 0) is 18.8 Å². The summed E-state index contributed by atoms with van der Waals surface area (Å²) in [6, 6.07) is 2.12. The molecule has 104 valence electrons. The molecule has 1 aliphatic carbocycles. The second kappa shape index (κ2) is 5.40. The fourth-order valence-electron chi connectivity index (χ4n) is 2.11. The number of rotatable bonds is 5. The predicted molar refractivity (Wildman–Crippen MR) is 66.8 cm³/mol. The number of benzene rings is 1. The van der Waals surface area contributed by atoms with Gasteiger partial charge in [0.15, 0.2) is 11.6 Å². The maximum atomic E-state index is 13.7. The molecule has 7 heteroatoms. The third kappa shape index (κ3) is 2.93. The van der Waals surface area contributed by atoms with Crippen LogP contribution < -0.4 is 10.1 Å². The molecule has 0 bridgehead atoms. The zero-order valence-electron chi connectivity index (χ0n) is 10.4. The number of aliphatic hydroxyl groups excluding tert-OH is 1. The maximum absolute atomic E-state index is 13.7. The molecule has 0 heterocycles. The van der Waals surface area contributed by atoms with Crippen LogP contribution in [0, 0.1) is 21.8 Å². The first-order valence-electron chi connectivity index (χ1n) is 5.95. The largest absolute Gasteiger partial charge is 0.490 e. The van der Waals surface area contributed by atoms with Crippen molar-refractivity contribution < 1.29 is 19.2 Å². The number of hydrogen-bond donors (Lipinski definition) is 2. The number of anilines is 1. The summed E-state index contributed by atoms with van der Waals surface area (Å²) in [5, 5.41) is 22.8. The van der Waals surface area contributed by atoms with Gasteiger partial charge in [0.2, 0.25) is 0 Å². The van der Waals surface area contributed by atoms with Gasteiger partial charge in [-0.2, -0.15) is 0 Å². The summed E-state index contributed by atoms with van der Waals surface area (Å²) in [7, 11) is 1.30. The molecule has 0 saturated heterocycles. The zero-order valence-corrected chi connectivity index (χ0v) is 10.4. The molecule has 0 aromatic heterocycles. The molecule has 1 saturated carbocycles. The normalized spacial score (nSPS) is 21.6. The topological polar surface area (TPSA) is 84.6 Å². The molecule has 19 heavy (non-hydrogen) atoms. The number of nitro benzene ring substituents is 1. The van der Waals surface area contributed by atoms with Crippen molar-refractivity contribution in [3.63, 3.8) is 0 Å². The van der Waals surface area contributed by atoms with Crippen molar-refractivity contribution in [2.24, 2.45) is 5.92 Å². The Morgan fingerprint density at radius 2 is 2.26 bits per heavy atom. The van der Waals surface area contributed by atoms with Crippen LogP contribution in [0.1, 0.15) is 12.8 Å². The minimum Gasteiger partial charge on any atom is -0.490 e. The molecule has 0 atom stereocenters. The molecule has 1 fully saturated rings. The van der Waals surface area contributed by atoms with Crippen LogP contribution in [0.15, 0.2) is 12.1 Å². The van der Waals surface area contributed by atoms with E-state index in [1.54, 1.807) is 0 Å².